The summed E-state index contributed by atoms with van der Waals surface area (Å²) in [5.74, 6) is 0.760. The van der Waals surface area contributed by atoms with Crippen molar-refractivity contribution in [1.82, 2.24) is 4.90 Å². The normalized spacial score (nSPS) is 16.6. The smallest absolute Gasteiger partial charge is 0.180 e. The van der Waals surface area contributed by atoms with E-state index in [9.17, 15) is 4.79 Å². The summed E-state index contributed by atoms with van der Waals surface area (Å²) >= 11 is 0. The second-order valence-corrected chi connectivity index (χ2v) is 4.52. The highest BCUT2D eigenvalue weighted by atomic mass is 16.5. The van der Waals surface area contributed by atoms with Crippen molar-refractivity contribution in [3.8, 4) is 5.75 Å². The first-order valence-corrected chi connectivity index (χ1v) is 6.18. The van der Waals surface area contributed by atoms with Crippen LogP contribution in [0.5, 0.6) is 5.75 Å². The molecule has 0 atom stereocenters. The van der Waals surface area contributed by atoms with Gasteiger partial charge in [-0.25, -0.2) is 0 Å². The lowest BCUT2D eigenvalue weighted by Crippen LogP contribution is -2.39. The van der Waals surface area contributed by atoms with Crippen LogP contribution in [0.25, 0.3) is 0 Å². The molecule has 0 bridgehead atoms. The number of benzene rings is 1. The SMILES string of the molecule is COc1ccc(C)cc1C(=O)CN1CCOCC1. The summed E-state index contributed by atoms with van der Waals surface area (Å²) in [5.41, 5.74) is 1.74. The quantitative estimate of drug-likeness (QED) is 0.758. The molecule has 2 rings (SSSR count). The number of hydrogen-bond acceptors (Lipinski definition) is 4. The monoisotopic (exact) mass is 249 g/mol. The van der Waals surface area contributed by atoms with Gasteiger partial charge in [0.1, 0.15) is 5.75 Å². The molecular weight excluding hydrogens is 230 g/mol. The summed E-state index contributed by atoms with van der Waals surface area (Å²) in [5, 5.41) is 0. The van der Waals surface area contributed by atoms with Gasteiger partial charge in [0.25, 0.3) is 0 Å². The first-order valence-electron chi connectivity index (χ1n) is 6.18. The maximum atomic E-state index is 12.3. The summed E-state index contributed by atoms with van der Waals surface area (Å²) in [6.45, 7) is 5.46. The number of Topliss-reactive ketones (excluding diaryl/α,β-unsaturated/α-hetero) is 1. The summed E-state index contributed by atoms with van der Waals surface area (Å²) < 4.78 is 10.5. The minimum Gasteiger partial charge on any atom is -0.496 e. The Labute approximate surface area is 107 Å². The first kappa shape index (κ1) is 13.1. The molecule has 1 aliphatic heterocycles. The number of morpholine rings is 1. The van der Waals surface area contributed by atoms with Gasteiger partial charge >= 0.3 is 0 Å². The summed E-state index contributed by atoms with van der Waals surface area (Å²) in [4.78, 5) is 14.4. The van der Waals surface area contributed by atoms with Crippen LogP contribution in [-0.2, 0) is 4.74 Å². The molecule has 18 heavy (non-hydrogen) atoms. The van der Waals surface area contributed by atoms with Crippen molar-refractivity contribution < 1.29 is 14.3 Å². The number of nitrogens with zero attached hydrogens (tertiary/aromatic N) is 1. The molecule has 4 heteroatoms. The predicted molar refractivity (Wildman–Crippen MR) is 69.3 cm³/mol. The number of carbonyl (C=O) groups excluding carboxylic acids is 1. The fourth-order valence-electron chi connectivity index (χ4n) is 2.09. The van der Waals surface area contributed by atoms with Gasteiger partial charge in [0.2, 0.25) is 0 Å². The third-order valence-corrected chi connectivity index (χ3v) is 3.13. The third kappa shape index (κ3) is 3.09. The Morgan fingerprint density at radius 2 is 2.11 bits per heavy atom. The van der Waals surface area contributed by atoms with E-state index in [1.165, 1.54) is 0 Å². The minimum absolute atomic E-state index is 0.109. The number of ether oxygens (including phenoxy) is 2. The first-order chi connectivity index (χ1) is 8.70. The maximum absolute atomic E-state index is 12.3. The van der Waals surface area contributed by atoms with Gasteiger partial charge in [-0.1, -0.05) is 11.6 Å². The second-order valence-electron chi connectivity index (χ2n) is 4.52. The number of hydrogen-bond donors (Lipinski definition) is 0. The van der Waals surface area contributed by atoms with Crippen molar-refractivity contribution in [3.05, 3.63) is 29.3 Å². The van der Waals surface area contributed by atoms with Gasteiger partial charge in [-0.15, -0.1) is 0 Å². The maximum Gasteiger partial charge on any atom is 0.180 e. The molecule has 1 fully saturated rings. The third-order valence-electron chi connectivity index (χ3n) is 3.13. The van der Waals surface area contributed by atoms with Gasteiger partial charge in [-0.3, -0.25) is 9.69 Å². The lowest BCUT2D eigenvalue weighted by atomic mass is 10.1. The van der Waals surface area contributed by atoms with Crippen molar-refractivity contribution in [2.45, 2.75) is 6.92 Å². The lowest BCUT2D eigenvalue weighted by Gasteiger charge is -2.26. The summed E-state index contributed by atoms with van der Waals surface area (Å²) in [7, 11) is 1.59. The van der Waals surface area contributed by atoms with Crippen molar-refractivity contribution in [2.75, 3.05) is 40.0 Å². The molecule has 1 aliphatic rings. The van der Waals surface area contributed by atoms with Gasteiger partial charge in [-0.05, 0) is 19.1 Å². The molecule has 0 saturated carbocycles. The van der Waals surface area contributed by atoms with Gasteiger partial charge in [-0.2, -0.15) is 0 Å². The highest BCUT2D eigenvalue weighted by Crippen LogP contribution is 2.20. The topological polar surface area (TPSA) is 38.8 Å². The van der Waals surface area contributed by atoms with Gasteiger partial charge in [0, 0.05) is 13.1 Å². The van der Waals surface area contributed by atoms with E-state index >= 15 is 0 Å². The Morgan fingerprint density at radius 1 is 1.39 bits per heavy atom. The highest BCUT2D eigenvalue weighted by molar-refractivity contribution is 6.00. The molecular formula is C14H19NO3. The Bertz CT molecular complexity index is 425. The van der Waals surface area contributed by atoms with E-state index in [0.717, 1.165) is 18.7 Å². The van der Waals surface area contributed by atoms with E-state index in [1.54, 1.807) is 7.11 Å². The van der Waals surface area contributed by atoms with Crippen LogP contribution in [0, 0.1) is 6.92 Å². The van der Waals surface area contributed by atoms with E-state index in [4.69, 9.17) is 9.47 Å². The zero-order chi connectivity index (χ0) is 13.0. The van der Waals surface area contributed by atoms with Crippen LogP contribution in [0.3, 0.4) is 0 Å². The molecule has 1 heterocycles. The standard InChI is InChI=1S/C14H19NO3/c1-11-3-4-14(17-2)12(9-11)13(16)10-15-5-7-18-8-6-15/h3-4,9H,5-8,10H2,1-2H3. The Kier molecular flexibility index (Phi) is 4.33. The molecule has 0 N–H and O–H groups in total. The molecule has 0 spiro atoms. The molecule has 4 nitrogen and oxygen atoms in total. The van der Waals surface area contributed by atoms with Crippen LogP contribution >= 0.6 is 0 Å². The average molecular weight is 249 g/mol. The van der Waals surface area contributed by atoms with Crippen LogP contribution in [-0.4, -0.2) is 50.6 Å². The Balaban J connectivity index is 2.09. The van der Waals surface area contributed by atoms with Crippen LogP contribution in [0.2, 0.25) is 0 Å². The number of methoxy groups -OCH3 is 1. The van der Waals surface area contributed by atoms with E-state index in [2.05, 4.69) is 4.90 Å². The molecule has 0 aromatic heterocycles. The highest BCUT2D eigenvalue weighted by Gasteiger charge is 2.18. The Hall–Kier alpha value is -1.39. The Morgan fingerprint density at radius 3 is 2.78 bits per heavy atom. The number of rotatable bonds is 4. The molecule has 0 radical (unpaired) electrons. The van der Waals surface area contributed by atoms with Crippen molar-refractivity contribution >= 4 is 5.78 Å². The van der Waals surface area contributed by atoms with Crippen LogP contribution in [0.4, 0.5) is 0 Å². The van der Waals surface area contributed by atoms with Crippen LogP contribution in [0.15, 0.2) is 18.2 Å². The number of carbonyl (C=O) groups is 1. The van der Waals surface area contributed by atoms with E-state index in [0.29, 0.717) is 31.1 Å². The predicted octanol–water partition coefficient (Wildman–Crippen LogP) is 1.52. The molecule has 0 unspecified atom stereocenters. The van der Waals surface area contributed by atoms with E-state index < -0.39 is 0 Å². The van der Waals surface area contributed by atoms with Crippen molar-refractivity contribution in [2.24, 2.45) is 0 Å². The van der Waals surface area contributed by atoms with Crippen molar-refractivity contribution in [3.63, 3.8) is 0 Å². The van der Waals surface area contributed by atoms with Crippen LogP contribution in [0.1, 0.15) is 15.9 Å². The largest absolute Gasteiger partial charge is 0.496 e. The number of ketones is 1. The van der Waals surface area contributed by atoms with Crippen molar-refractivity contribution in [1.29, 1.82) is 0 Å². The van der Waals surface area contributed by atoms with E-state index in [-0.39, 0.29) is 5.78 Å². The molecule has 1 aromatic carbocycles. The molecule has 98 valence electrons. The summed E-state index contributed by atoms with van der Waals surface area (Å²) in [6, 6.07) is 5.69. The zero-order valence-electron chi connectivity index (χ0n) is 10.9. The van der Waals surface area contributed by atoms with E-state index in [1.807, 2.05) is 25.1 Å². The second kappa shape index (κ2) is 5.98. The number of aryl methyl sites for hydroxylation is 1. The van der Waals surface area contributed by atoms with Crippen LogP contribution < -0.4 is 4.74 Å². The van der Waals surface area contributed by atoms with Gasteiger partial charge in [0.15, 0.2) is 5.78 Å². The van der Waals surface area contributed by atoms with Gasteiger partial charge in [0.05, 0.1) is 32.4 Å². The minimum atomic E-state index is 0.109. The fourth-order valence-corrected chi connectivity index (χ4v) is 2.09. The average Bonchev–Trinajstić information content (AvgIpc) is 2.40. The zero-order valence-corrected chi connectivity index (χ0v) is 10.9. The lowest BCUT2D eigenvalue weighted by molar-refractivity contribution is 0.0370. The molecule has 0 amide bonds. The molecule has 1 saturated heterocycles. The summed E-state index contributed by atoms with van der Waals surface area (Å²) in [6.07, 6.45) is 0. The molecule has 0 aliphatic carbocycles. The fraction of sp³-hybridized carbons (Fsp3) is 0.500. The molecule has 1 aromatic rings. The van der Waals surface area contributed by atoms with Gasteiger partial charge < -0.3 is 9.47 Å².